The molecule has 3 saturated heterocycles. The number of anilines is 1. The number of nitriles is 1. The summed E-state index contributed by atoms with van der Waals surface area (Å²) in [5.41, 5.74) is 9.39. The number of non-ortho nitro benzene ring substituents is 1. The first-order valence-electron chi connectivity index (χ1n) is 45.4. The molecule has 0 spiro atoms. The predicted octanol–water partition coefficient (Wildman–Crippen LogP) is -1.12. The number of nitrogens with two attached hydrogens (primary N) is 1. The number of halogens is 2. The van der Waals surface area contributed by atoms with Crippen molar-refractivity contribution >= 4 is 152 Å². The Hall–Kier alpha value is -11.4. The number of likely N-dealkylation sites (N-methyl/N-ethyl adjacent to an activating group) is 2. The number of carbonyl (C=O) groups excluding carboxylic acids is 4. The summed E-state index contributed by atoms with van der Waals surface area (Å²) >= 11 is 14.7. The van der Waals surface area contributed by atoms with E-state index in [2.05, 4.69) is 31.8 Å². The summed E-state index contributed by atoms with van der Waals surface area (Å²) in [5, 5.41) is 145. The third-order valence-electron chi connectivity index (χ3n) is 22.8. The van der Waals surface area contributed by atoms with E-state index in [1.54, 1.807) is 46.4 Å². The number of hydrogen-bond donors (Lipinski definition) is 14. The lowest BCUT2D eigenvalue weighted by molar-refractivity contribution is -0.384. The van der Waals surface area contributed by atoms with Crippen molar-refractivity contribution in [3.63, 3.8) is 0 Å². The van der Waals surface area contributed by atoms with Crippen LogP contribution in [0.1, 0.15) is 55.2 Å². The summed E-state index contributed by atoms with van der Waals surface area (Å²) in [6, 6.07) is 19.9. The largest absolute Gasteiger partial charge is 0.480 e. The fourth-order valence-electron chi connectivity index (χ4n) is 15.8. The number of thiocarbonyl (C=S) groups is 1. The Morgan fingerprint density at radius 3 is 0.729 bits per heavy atom. The number of nitro groups is 1. The molecule has 17 N–H and O–H groups in total. The molecule has 3 aromatic carbocycles. The van der Waals surface area contributed by atoms with Gasteiger partial charge in [0.1, 0.15) is 5.40 Å². The highest BCUT2D eigenvalue weighted by molar-refractivity contribution is 8.03. The number of carbonyl (C=O) groups is 13. The number of hydrogen-bond acceptors (Lipinski definition) is 38. The number of aryl methyl sites for hydroxylation is 3. The summed E-state index contributed by atoms with van der Waals surface area (Å²) in [4.78, 5) is 221. The zero-order valence-corrected chi connectivity index (χ0v) is 83.8. The lowest BCUT2D eigenvalue weighted by Crippen LogP contribution is -2.52. The van der Waals surface area contributed by atoms with Crippen LogP contribution in [0.5, 0.6) is 0 Å². The van der Waals surface area contributed by atoms with Crippen LogP contribution in [-0.2, 0) is 101 Å². The summed E-state index contributed by atoms with van der Waals surface area (Å²) in [6.07, 6.45) is 5.80. The molecule has 6 rings (SSSR count). The van der Waals surface area contributed by atoms with Gasteiger partial charge in [0.25, 0.3) is 5.69 Å². The number of nitro benzene ring substituents is 1. The monoisotopic (exact) mass is 2120 g/mol. The van der Waals surface area contributed by atoms with Gasteiger partial charge in [-0.05, 0) is 125 Å². The van der Waals surface area contributed by atoms with Crippen molar-refractivity contribution in [2.75, 3.05) is 282 Å². The lowest BCUT2D eigenvalue weighted by atomic mass is 10.0. The molecule has 3 unspecified atom stereocenters. The SMILES string of the molecule is CN1CCN(CC(=O)O)CCN(CC(=O)O)CCN(CC(CCCc2ccc(N)cc2)N(CC(=O)O)CC(=O)O)CC1.CN1CCN(CC(=O)O)CCN(CC(=O)O)CCN(CC(CCCc2ccc([N+](=O)[O-])cc2)N(CC(=O)O)CC(=O)O)CC1.N#CSc1ccc(CCCC(CN2CCN(CC(=O)O)CCN(CC(=O)O)CCN(CC(=O)O)CC2)N(CC(=O)O)CC(=O)O)cc1.O.O=C=O.O=C=O.S=C(Cl)Cl. The number of carboxylic acids is 13. The molecule has 0 amide bonds. The van der Waals surface area contributed by atoms with Gasteiger partial charge in [0, 0.05) is 218 Å². The molecule has 3 fully saturated rings. The normalized spacial score (nSPS) is 16.3. The van der Waals surface area contributed by atoms with Gasteiger partial charge in [0.2, 0.25) is 0 Å². The van der Waals surface area contributed by atoms with Crippen molar-refractivity contribution in [1.82, 2.24) is 73.5 Å². The van der Waals surface area contributed by atoms with Crippen molar-refractivity contribution in [3.05, 3.63) is 99.6 Å². The number of thiocyanates is 1. The predicted molar refractivity (Wildman–Crippen MR) is 523 cm³/mol. The average Bonchev–Trinajstić information content (AvgIpc) is 0.879. The van der Waals surface area contributed by atoms with E-state index in [0.717, 1.165) is 39.8 Å². The maximum absolute atomic E-state index is 11.8. The highest BCUT2D eigenvalue weighted by Crippen LogP contribution is 2.23. The van der Waals surface area contributed by atoms with E-state index in [1.165, 1.54) is 26.8 Å². The number of carboxylic acid groups (broad SMARTS) is 13. The fraction of sp³-hybridized carbons (Fsp3) is 0.607. The van der Waals surface area contributed by atoms with E-state index in [9.17, 15) is 139 Å². The summed E-state index contributed by atoms with van der Waals surface area (Å²) in [7, 11) is 3.87. The Morgan fingerprint density at radius 2 is 0.542 bits per heavy atom. The number of nitrogens with zero attached hydrogens (tertiary/aromatic N) is 17. The van der Waals surface area contributed by atoms with Crippen molar-refractivity contribution in [1.29, 1.82) is 5.26 Å². The van der Waals surface area contributed by atoms with Gasteiger partial charge in [0.05, 0.1) is 90.0 Å². The molecule has 3 heterocycles. The van der Waals surface area contributed by atoms with Crippen LogP contribution in [0.15, 0.2) is 77.7 Å². The molecule has 0 saturated carbocycles. The van der Waals surface area contributed by atoms with Gasteiger partial charge in [-0.25, -0.2) is 0 Å². The second kappa shape index (κ2) is 77.1. The maximum atomic E-state index is 11.8. The Balaban J connectivity index is 0.00000203. The summed E-state index contributed by atoms with van der Waals surface area (Å²) < 4.78 is -0.0556. The van der Waals surface area contributed by atoms with Crippen LogP contribution < -0.4 is 5.73 Å². The van der Waals surface area contributed by atoms with Crippen molar-refractivity contribution in [2.45, 2.75) is 80.8 Å². The maximum Gasteiger partial charge on any atom is 0.373 e. The molecule has 806 valence electrons. The third kappa shape index (κ3) is 68.0. The number of benzene rings is 3. The zero-order valence-electron chi connectivity index (χ0n) is 80.6. The molecule has 3 aliphatic rings. The Labute approximate surface area is 852 Å². The van der Waals surface area contributed by atoms with E-state index >= 15 is 0 Å². The van der Waals surface area contributed by atoms with Crippen molar-refractivity contribution in [3.8, 4) is 5.40 Å². The molecule has 0 aliphatic carbocycles. The van der Waals surface area contributed by atoms with Crippen LogP contribution in [0.2, 0.25) is 0 Å². The van der Waals surface area contributed by atoms with Crippen LogP contribution in [-0.4, -0.2) is 538 Å². The average molecular weight is 2120 g/mol. The summed E-state index contributed by atoms with van der Waals surface area (Å²) in [5.74, 6) is -13.9. The van der Waals surface area contributed by atoms with E-state index < -0.39 is 134 Å². The van der Waals surface area contributed by atoms with E-state index in [1.807, 2.05) is 72.9 Å². The van der Waals surface area contributed by atoms with Crippen LogP contribution in [0.25, 0.3) is 0 Å². The van der Waals surface area contributed by atoms with Gasteiger partial charge < -0.3 is 87.4 Å². The minimum Gasteiger partial charge on any atom is -0.480 e. The van der Waals surface area contributed by atoms with Crippen molar-refractivity contribution < 1.29 is 158 Å². The first kappa shape index (κ1) is 133. The van der Waals surface area contributed by atoms with Gasteiger partial charge in [-0.3, -0.25) is 136 Å². The first-order valence-corrected chi connectivity index (χ1v) is 47.3. The lowest BCUT2D eigenvalue weighted by Gasteiger charge is -2.37. The van der Waals surface area contributed by atoms with Crippen LogP contribution in [0.3, 0.4) is 0 Å². The Bertz CT molecular complexity index is 4420. The Kier molecular flexibility index (Phi) is 71.0. The van der Waals surface area contributed by atoms with Crippen LogP contribution >= 0.6 is 47.2 Å². The molecule has 55 heteroatoms. The third-order valence-corrected chi connectivity index (χ3v) is 23.4. The molecule has 0 bridgehead atoms. The number of rotatable bonds is 49. The van der Waals surface area contributed by atoms with E-state index in [-0.39, 0.29) is 125 Å². The molecule has 3 atom stereocenters. The van der Waals surface area contributed by atoms with Gasteiger partial charge in [-0.2, -0.15) is 24.4 Å². The minimum absolute atomic E-state index is 0. The molecular weight excluding hydrogens is 1980 g/mol. The molecule has 3 aliphatic heterocycles. The standard InChI is InChI=1S/C30H44N6O10S.C28H44N6O10.C28H46N6O8.CCl2S.2CO2.H2O/c31-22-47-25-6-4-23(5-7-25)2-1-3-24(36(20-29(43)44)21-30(45)46)16-32-8-10-33(17-26(37)38)12-14-35(19-28(41)42)15-13-34(11-9-32)18-27(39)40;1-29-9-11-30(13-14-32(19-26(37)38)16-15-31(12-10-29)18-25(35)36)17-24(33(20-27(39)40)21-28(41)42)4-2-3-22-5-7-23(8-6-22)34(43)44;1-30-9-11-31(13-14-33(19-26(37)38)16-15-32(12-10-30)18-25(35)36)17-24(34(20-27(39)40)21-28(41)42)4-2-3-22-5-7-23(29)8-6-22;2-1(3)4;2*2-1-3;/h4-7,24H,1-3,8-21H2,(H,37,38)(H,39,40)(H,41,42)(H,43,44)(H,45,46);5-8,24H,2-4,9-21H2,1H3,(H,35,36)(H,37,38)(H,39,40)(H,41,42);5-8,24H,2-4,9-21,29H2,1H3,(H,35,36)(H,37,38)(H,39,40)(H,41,42);;;;1H2. The zero-order chi connectivity index (χ0) is 107. The second-order valence-corrected chi connectivity index (χ2v) is 36.5. The number of aliphatic carboxylic acids is 13. The number of nitrogen functional groups attached to an aromatic ring is 1. The van der Waals surface area contributed by atoms with Crippen LogP contribution in [0, 0.1) is 20.8 Å². The van der Waals surface area contributed by atoms with Gasteiger partial charge >= 0.3 is 89.9 Å². The minimum atomic E-state index is -1.18. The quantitative estimate of drug-likeness (QED) is 0.00606. The Morgan fingerprint density at radius 1 is 0.361 bits per heavy atom. The van der Waals surface area contributed by atoms with Gasteiger partial charge in [0.15, 0.2) is 3.78 Å². The highest BCUT2D eigenvalue weighted by Gasteiger charge is 2.32. The highest BCUT2D eigenvalue weighted by atomic mass is 35.5. The van der Waals surface area contributed by atoms with E-state index in [4.69, 9.17) is 53.4 Å². The smallest absolute Gasteiger partial charge is 0.373 e. The summed E-state index contributed by atoms with van der Waals surface area (Å²) in [6.45, 7) is 6.82. The molecular formula is C89H136Cl2N18O33S2. The molecule has 51 nitrogen and oxygen atoms in total. The first-order chi connectivity index (χ1) is 67.6. The molecule has 0 aromatic heterocycles. The molecule has 144 heavy (non-hydrogen) atoms. The van der Waals surface area contributed by atoms with E-state index in [0.29, 0.717) is 188 Å². The van der Waals surface area contributed by atoms with Gasteiger partial charge in [-0.1, -0.05) is 71.8 Å². The van der Waals surface area contributed by atoms with Crippen LogP contribution in [0.4, 0.5) is 11.4 Å². The molecule has 3 aromatic rings. The van der Waals surface area contributed by atoms with Gasteiger partial charge in [-0.15, -0.1) is 0 Å². The topological polar surface area (TPSA) is 726 Å². The second-order valence-electron chi connectivity index (χ2n) is 33.8. The number of thioether (sulfide) groups is 1. The molecule has 0 radical (unpaired) electrons. The fourth-order valence-corrected chi connectivity index (χ4v) is 16.1. The van der Waals surface area contributed by atoms with Crippen molar-refractivity contribution in [2.24, 2.45) is 0 Å².